The number of carbonyl (C=O) groups is 1. The van der Waals surface area contributed by atoms with E-state index >= 15 is 0 Å². The molecule has 0 saturated heterocycles. The van der Waals surface area contributed by atoms with Crippen molar-refractivity contribution in [2.45, 2.75) is 12.8 Å². The first-order valence-corrected chi connectivity index (χ1v) is 8.73. The van der Waals surface area contributed by atoms with Crippen LogP contribution in [0.5, 0.6) is 0 Å². The molecule has 3 aromatic carbocycles. The van der Waals surface area contributed by atoms with Crippen LogP contribution < -0.4 is 0 Å². The number of benzene rings is 3. The number of ether oxygens (including phenoxy) is 1. The highest BCUT2D eigenvalue weighted by Crippen LogP contribution is 2.36. The zero-order valence-electron chi connectivity index (χ0n) is 14.8. The maximum absolute atomic E-state index is 11.6. The van der Waals surface area contributed by atoms with Gasteiger partial charge in [0.1, 0.15) is 0 Å². The fourth-order valence-corrected chi connectivity index (χ4v) is 3.69. The van der Waals surface area contributed by atoms with E-state index < -0.39 is 0 Å². The number of rotatable bonds is 3. The van der Waals surface area contributed by atoms with Crippen molar-refractivity contribution < 1.29 is 9.53 Å². The number of methoxy groups -OCH3 is 1. The van der Waals surface area contributed by atoms with Gasteiger partial charge < -0.3 is 4.74 Å². The molecule has 1 aliphatic rings. The van der Waals surface area contributed by atoms with Gasteiger partial charge in [-0.3, -0.25) is 0 Å². The van der Waals surface area contributed by atoms with Crippen molar-refractivity contribution in [3.8, 4) is 0 Å². The number of hydrogen-bond acceptors (Lipinski definition) is 2. The van der Waals surface area contributed by atoms with E-state index in [9.17, 15) is 4.79 Å². The van der Waals surface area contributed by atoms with Gasteiger partial charge in [-0.25, -0.2) is 4.79 Å². The smallest absolute Gasteiger partial charge is 0.337 e. The van der Waals surface area contributed by atoms with Gasteiger partial charge >= 0.3 is 5.97 Å². The first-order valence-electron chi connectivity index (χ1n) is 8.73. The van der Waals surface area contributed by atoms with E-state index in [4.69, 9.17) is 4.74 Å². The fourth-order valence-electron chi connectivity index (χ4n) is 3.69. The lowest BCUT2D eigenvalue weighted by Crippen LogP contribution is -2.09. The Morgan fingerprint density at radius 1 is 0.962 bits per heavy atom. The molecule has 3 aromatic rings. The summed E-state index contributed by atoms with van der Waals surface area (Å²) in [6.45, 7) is 4.33. The van der Waals surface area contributed by atoms with Crippen LogP contribution in [-0.4, -0.2) is 13.1 Å². The van der Waals surface area contributed by atoms with Crippen LogP contribution in [0.3, 0.4) is 0 Å². The van der Waals surface area contributed by atoms with Gasteiger partial charge in [0.2, 0.25) is 0 Å². The van der Waals surface area contributed by atoms with Gasteiger partial charge in [0.05, 0.1) is 12.7 Å². The molecular formula is C24H20O2. The average Bonchev–Trinajstić information content (AvgIpc) is 2.69. The summed E-state index contributed by atoms with van der Waals surface area (Å²) in [5.74, 6) is -0.304. The third-order valence-corrected chi connectivity index (χ3v) is 5.08. The molecule has 2 heteroatoms. The van der Waals surface area contributed by atoms with Gasteiger partial charge in [0.25, 0.3) is 0 Å². The maximum atomic E-state index is 11.6. The van der Waals surface area contributed by atoms with E-state index in [1.807, 2.05) is 24.3 Å². The predicted octanol–water partition coefficient (Wildman–Crippen LogP) is 5.03. The summed E-state index contributed by atoms with van der Waals surface area (Å²) in [4.78, 5) is 11.6. The molecule has 0 atom stereocenters. The first-order chi connectivity index (χ1) is 12.7. The predicted molar refractivity (Wildman–Crippen MR) is 104 cm³/mol. The minimum Gasteiger partial charge on any atom is -0.465 e. The summed E-state index contributed by atoms with van der Waals surface area (Å²) < 4.78 is 4.77. The Morgan fingerprint density at radius 3 is 2.46 bits per heavy atom. The molecule has 128 valence electrons. The molecule has 0 unspecified atom stereocenters. The van der Waals surface area contributed by atoms with Crippen molar-refractivity contribution >= 4 is 11.5 Å². The fraction of sp³-hybridized carbons (Fsp3) is 0.125. The number of carbonyl (C=O) groups excluding carboxylic acids is 1. The minimum atomic E-state index is -0.304. The van der Waals surface area contributed by atoms with Gasteiger partial charge in [-0.2, -0.15) is 0 Å². The quantitative estimate of drug-likeness (QED) is 0.489. The molecule has 0 bridgehead atoms. The highest BCUT2D eigenvalue weighted by atomic mass is 16.5. The second-order valence-corrected chi connectivity index (χ2v) is 6.62. The lowest BCUT2D eigenvalue weighted by molar-refractivity contribution is 0.0600. The van der Waals surface area contributed by atoms with Crippen LogP contribution in [0.1, 0.15) is 43.7 Å². The molecule has 0 spiro atoms. The Kier molecular flexibility index (Phi) is 4.18. The molecule has 0 aromatic heterocycles. The van der Waals surface area contributed by atoms with E-state index in [0.717, 1.165) is 18.4 Å². The van der Waals surface area contributed by atoms with Crippen molar-refractivity contribution in [2.75, 3.05) is 7.11 Å². The summed E-state index contributed by atoms with van der Waals surface area (Å²) in [6.07, 6.45) is 1.76. The second kappa shape index (κ2) is 6.64. The molecular weight excluding hydrogens is 320 g/mol. The van der Waals surface area contributed by atoms with Crippen LogP contribution >= 0.6 is 0 Å². The van der Waals surface area contributed by atoms with Crippen LogP contribution in [0, 0.1) is 0 Å². The van der Waals surface area contributed by atoms with E-state index in [1.54, 1.807) is 0 Å². The summed E-state index contributed by atoms with van der Waals surface area (Å²) in [6, 6.07) is 22.6. The molecule has 4 rings (SSSR count). The molecule has 0 N–H and O–H groups in total. The highest BCUT2D eigenvalue weighted by molar-refractivity contribution is 5.89. The molecule has 1 aliphatic carbocycles. The largest absolute Gasteiger partial charge is 0.465 e. The van der Waals surface area contributed by atoms with E-state index in [-0.39, 0.29) is 5.97 Å². The van der Waals surface area contributed by atoms with Crippen LogP contribution in [0.25, 0.3) is 5.57 Å². The Hall–Kier alpha value is -3.13. The van der Waals surface area contributed by atoms with Crippen molar-refractivity contribution in [3.05, 3.63) is 112 Å². The van der Waals surface area contributed by atoms with E-state index in [1.165, 1.54) is 40.5 Å². The Labute approximate surface area is 153 Å². The number of esters is 1. The van der Waals surface area contributed by atoms with Crippen LogP contribution in [0.2, 0.25) is 0 Å². The summed E-state index contributed by atoms with van der Waals surface area (Å²) in [5, 5.41) is 0. The normalized spacial score (nSPS) is 12.3. The Balaban J connectivity index is 1.67. The van der Waals surface area contributed by atoms with Crippen molar-refractivity contribution in [2.24, 2.45) is 0 Å². The lowest BCUT2D eigenvalue weighted by Gasteiger charge is -2.24. The lowest BCUT2D eigenvalue weighted by atomic mass is 9.80. The molecule has 0 aliphatic heterocycles. The molecule has 0 heterocycles. The number of hydrogen-bond donors (Lipinski definition) is 0. The molecule has 0 fully saturated rings. The maximum Gasteiger partial charge on any atom is 0.337 e. The van der Waals surface area contributed by atoms with Crippen molar-refractivity contribution in [1.82, 2.24) is 0 Å². The van der Waals surface area contributed by atoms with Crippen LogP contribution in [-0.2, 0) is 17.6 Å². The first kappa shape index (κ1) is 16.3. The summed E-state index contributed by atoms with van der Waals surface area (Å²) >= 11 is 0. The third kappa shape index (κ3) is 2.84. The van der Waals surface area contributed by atoms with E-state index in [0.29, 0.717) is 5.56 Å². The van der Waals surface area contributed by atoms with E-state index in [2.05, 4.69) is 49.0 Å². The molecule has 0 radical (unpaired) electrons. The number of fused-ring (bicyclic) bond motifs is 2. The Morgan fingerprint density at radius 2 is 1.69 bits per heavy atom. The standard InChI is InChI=1S/C24H20O2/c1-16-21-8-4-3-6-20(21)15-23-19(7-5-9-22(16)23)14-17-10-12-18(13-11-17)24(25)26-2/h3-13H,1,14-15H2,2H3. The Bertz CT molecular complexity index is 997. The third-order valence-electron chi connectivity index (χ3n) is 5.08. The van der Waals surface area contributed by atoms with Crippen molar-refractivity contribution in [1.29, 1.82) is 0 Å². The summed E-state index contributed by atoms with van der Waals surface area (Å²) in [5.41, 5.74) is 9.34. The van der Waals surface area contributed by atoms with Gasteiger partial charge in [0.15, 0.2) is 0 Å². The molecule has 26 heavy (non-hydrogen) atoms. The zero-order chi connectivity index (χ0) is 18.1. The summed E-state index contributed by atoms with van der Waals surface area (Å²) in [7, 11) is 1.40. The van der Waals surface area contributed by atoms with Gasteiger partial charge in [-0.05, 0) is 63.9 Å². The molecule has 0 amide bonds. The van der Waals surface area contributed by atoms with Gasteiger partial charge in [0, 0.05) is 0 Å². The average molecular weight is 340 g/mol. The SMILES string of the molecule is C=C1c2ccccc2Cc2c(Cc3ccc(C(=O)OC)cc3)cccc21. The van der Waals surface area contributed by atoms with Crippen molar-refractivity contribution in [3.63, 3.8) is 0 Å². The second-order valence-electron chi connectivity index (χ2n) is 6.62. The van der Waals surface area contributed by atoms with Crippen LogP contribution in [0.15, 0.2) is 73.3 Å². The van der Waals surface area contributed by atoms with Gasteiger partial charge in [-0.15, -0.1) is 0 Å². The van der Waals surface area contributed by atoms with Gasteiger partial charge in [-0.1, -0.05) is 61.2 Å². The highest BCUT2D eigenvalue weighted by Gasteiger charge is 2.20. The molecule has 0 saturated carbocycles. The van der Waals surface area contributed by atoms with Crippen LogP contribution in [0.4, 0.5) is 0 Å². The topological polar surface area (TPSA) is 26.3 Å². The zero-order valence-corrected chi connectivity index (χ0v) is 14.8. The minimum absolute atomic E-state index is 0.304. The monoisotopic (exact) mass is 340 g/mol. The molecule has 2 nitrogen and oxygen atoms in total.